The number of rotatable bonds is 6. The Morgan fingerprint density at radius 1 is 0.938 bits per heavy atom. The lowest BCUT2D eigenvalue weighted by atomic mass is 9.98. The van der Waals surface area contributed by atoms with Gasteiger partial charge in [-0.2, -0.15) is 0 Å². The Bertz CT molecular complexity index is 1190. The Morgan fingerprint density at radius 2 is 1.72 bits per heavy atom. The maximum Gasteiger partial charge on any atom is 0.174 e. The number of nitrogens with one attached hydrogen (secondary N) is 1. The van der Waals surface area contributed by atoms with Crippen molar-refractivity contribution in [3.63, 3.8) is 0 Å². The van der Waals surface area contributed by atoms with E-state index in [1.54, 1.807) is 0 Å². The summed E-state index contributed by atoms with van der Waals surface area (Å²) in [6.07, 6.45) is 6.09. The molecule has 2 aromatic heterocycles. The Labute approximate surface area is 193 Å². The molecule has 1 aliphatic heterocycles. The summed E-state index contributed by atoms with van der Waals surface area (Å²) in [6.45, 7) is 2.62. The van der Waals surface area contributed by atoms with E-state index < -0.39 is 0 Å². The summed E-state index contributed by atoms with van der Waals surface area (Å²) < 4.78 is 7.77. The number of thiocarbonyl (C=S) groups is 1. The van der Waals surface area contributed by atoms with Gasteiger partial charge in [-0.05, 0) is 79.3 Å². The molecule has 2 atom stereocenters. The van der Waals surface area contributed by atoms with Crippen LogP contribution in [0.15, 0.2) is 97.5 Å². The van der Waals surface area contributed by atoms with Crippen molar-refractivity contribution in [3.05, 3.63) is 109 Å². The van der Waals surface area contributed by atoms with E-state index in [1.807, 2.05) is 61.7 Å². The molecule has 2 aromatic carbocycles. The van der Waals surface area contributed by atoms with Gasteiger partial charge < -0.3 is 19.5 Å². The number of para-hydroxylation sites is 1. The predicted molar refractivity (Wildman–Crippen MR) is 131 cm³/mol. The minimum Gasteiger partial charge on any atom is -0.494 e. The van der Waals surface area contributed by atoms with Crippen LogP contribution in [0.4, 0.5) is 5.69 Å². The SMILES string of the molecule is CCOc1ccc(N2C(=S)NC(c3ccccn3)C2c2ccn(-c3ccccc3)c2)cc1. The van der Waals surface area contributed by atoms with Gasteiger partial charge >= 0.3 is 0 Å². The van der Waals surface area contributed by atoms with Crippen molar-refractivity contribution in [2.45, 2.75) is 19.0 Å². The van der Waals surface area contributed by atoms with E-state index in [-0.39, 0.29) is 12.1 Å². The van der Waals surface area contributed by atoms with Crippen molar-refractivity contribution in [2.24, 2.45) is 0 Å². The summed E-state index contributed by atoms with van der Waals surface area (Å²) in [4.78, 5) is 6.80. The zero-order valence-corrected chi connectivity index (χ0v) is 18.6. The molecule has 1 saturated heterocycles. The normalized spacial score (nSPS) is 17.9. The van der Waals surface area contributed by atoms with Gasteiger partial charge in [0.15, 0.2) is 5.11 Å². The third-order valence-corrected chi connectivity index (χ3v) is 5.95. The van der Waals surface area contributed by atoms with Crippen molar-refractivity contribution in [2.75, 3.05) is 11.5 Å². The third-order valence-electron chi connectivity index (χ3n) is 5.64. The van der Waals surface area contributed by atoms with Gasteiger partial charge in [0.1, 0.15) is 5.75 Å². The van der Waals surface area contributed by atoms with Gasteiger partial charge in [0, 0.05) is 30.0 Å². The molecule has 1 aliphatic rings. The molecule has 0 saturated carbocycles. The van der Waals surface area contributed by atoms with Crippen LogP contribution in [-0.2, 0) is 0 Å². The van der Waals surface area contributed by atoms with Gasteiger partial charge in [0.2, 0.25) is 0 Å². The summed E-state index contributed by atoms with van der Waals surface area (Å²) in [5, 5.41) is 4.19. The second kappa shape index (κ2) is 8.85. The van der Waals surface area contributed by atoms with Crippen molar-refractivity contribution in [1.82, 2.24) is 14.9 Å². The number of pyridine rings is 1. The zero-order chi connectivity index (χ0) is 21.9. The smallest absolute Gasteiger partial charge is 0.174 e. The Morgan fingerprint density at radius 3 is 2.44 bits per heavy atom. The summed E-state index contributed by atoms with van der Waals surface area (Å²) >= 11 is 5.81. The first-order chi connectivity index (χ1) is 15.7. The summed E-state index contributed by atoms with van der Waals surface area (Å²) in [7, 11) is 0. The van der Waals surface area contributed by atoms with Gasteiger partial charge in [0.25, 0.3) is 0 Å². The van der Waals surface area contributed by atoms with Crippen molar-refractivity contribution >= 4 is 23.0 Å². The fraction of sp³-hybridized carbons (Fsp3) is 0.154. The third kappa shape index (κ3) is 3.85. The molecule has 0 bridgehead atoms. The van der Waals surface area contributed by atoms with Gasteiger partial charge in [-0.25, -0.2) is 0 Å². The molecule has 0 radical (unpaired) electrons. The molecule has 4 aromatic rings. The lowest BCUT2D eigenvalue weighted by molar-refractivity contribution is 0.340. The summed E-state index contributed by atoms with van der Waals surface area (Å²) in [5.74, 6) is 0.849. The van der Waals surface area contributed by atoms with E-state index in [9.17, 15) is 0 Å². The highest BCUT2D eigenvalue weighted by Crippen LogP contribution is 2.42. The van der Waals surface area contributed by atoms with E-state index in [0.29, 0.717) is 11.7 Å². The first kappa shape index (κ1) is 20.3. The minimum atomic E-state index is -0.0677. The number of benzene rings is 2. The fourth-order valence-corrected chi connectivity index (χ4v) is 4.54. The molecule has 1 fully saturated rings. The van der Waals surface area contributed by atoms with Crippen LogP contribution in [0.3, 0.4) is 0 Å². The molecule has 1 N–H and O–H groups in total. The average molecular weight is 441 g/mol. The van der Waals surface area contributed by atoms with Crippen LogP contribution in [0.1, 0.15) is 30.3 Å². The molecule has 6 heteroatoms. The second-order valence-corrected chi connectivity index (χ2v) is 8.00. The highest BCUT2D eigenvalue weighted by Gasteiger charge is 2.41. The molecule has 0 amide bonds. The van der Waals surface area contributed by atoms with Gasteiger partial charge in [-0.1, -0.05) is 24.3 Å². The maximum atomic E-state index is 5.81. The number of hydrogen-bond acceptors (Lipinski definition) is 3. The number of hydrogen-bond donors (Lipinski definition) is 1. The number of ether oxygens (including phenoxy) is 1. The van der Waals surface area contributed by atoms with E-state index in [1.165, 1.54) is 0 Å². The Hall–Kier alpha value is -3.64. The first-order valence-electron chi connectivity index (χ1n) is 10.7. The predicted octanol–water partition coefficient (Wildman–Crippen LogP) is 5.45. The average Bonchev–Trinajstić information content (AvgIpc) is 3.46. The van der Waals surface area contributed by atoms with Crippen LogP contribution < -0.4 is 15.0 Å². The topological polar surface area (TPSA) is 42.3 Å². The van der Waals surface area contributed by atoms with Crippen LogP contribution in [0.25, 0.3) is 5.69 Å². The molecule has 160 valence electrons. The van der Waals surface area contributed by atoms with Crippen LogP contribution in [0.5, 0.6) is 5.75 Å². The minimum absolute atomic E-state index is 0.0414. The molecular formula is C26H24N4OS. The number of anilines is 1. The Balaban J connectivity index is 1.56. The van der Waals surface area contributed by atoms with Gasteiger partial charge in [0.05, 0.1) is 24.4 Å². The molecule has 5 rings (SSSR count). The molecule has 2 unspecified atom stereocenters. The molecule has 0 aliphatic carbocycles. The van der Waals surface area contributed by atoms with E-state index in [0.717, 1.165) is 28.4 Å². The second-order valence-electron chi connectivity index (χ2n) is 7.61. The molecular weight excluding hydrogens is 416 g/mol. The van der Waals surface area contributed by atoms with E-state index in [2.05, 4.69) is 62.5 Å². The lowest BCUT2D eigenvalue weighted by Crippen LogP contribution is -2.29. The summed E-state index contributed by atoms with van der Waals surface area (Å²) in [5.41, 5.74) is 4.25. The molecule has 32 heavy (non-hydrogen) atoms. The highest BCUT2D eigenvalue weighted by molar-refractivity contribution is 7.80. The van der Waals surface area contributed by atoms with E-state index in [4.69, 9.17) is 17.0 Å². The monoisotopic (exact) mass is 440 g/mol. The lowest BCUT2D eigenvalue weighted by Gasteiger charge is -2.27. The van der Waals surface area contributed by atoms with Crippen LogP contribution in [0.2, 0.25) is 0 Å². The molecule has 3 heterocycles. The largest absolute Gasteiger partial charge is 0.494 e. The quantitative estimate of drug-likeness (QED) is 0.404. The van der Waals surface area contributed by atoms with Crippen molar-refractivity contribution in [1.29, 1.82) is 0 Å². The molecule has 0 spiro atoms. The van der Waals surface area contributed by atoms with E-state index >= 15 is 0 Å². The number of nitrogens with zero attached hydrogens (tertiary/aromatic N) is 3. The number of aromatic nitrogens is 2. The van der Waals surface area contributed by atoms with Gasteiger partial charge in [-0.15, -0.1) is 0 Å². The van der Waals surface area contributed by atoms with Crippen LogP contribution in [0, 0.1) is 0 Å². The zero-order valence-electron chi connectivity index (χ0n) is 17.8. The Kier molecular flexibility index (Phi) is 5.60. The maximum absolute atomic E-state index is 5.81. The molecule has 5 nitrogen and oxygen atoms in total. The van der Waals surface area contributed by atoms with Crippen LogP contribution >= 0.6 is 12.2 Å². The van der Waals surface area contributed by atoms with Crippen LogP contribution in [-0.4, -0.2) is 21.3 Å². The van der Waals surface area contributed by atoms with Crippen molar-refractivity contribution in [3.8, 4) is 11.4 Å². The van der Waals surface area contributed by atoms with Crippen molar-refractivity contribution < 1.29 is 4.74 Å². The first-order valence-corrected chi connectivity index (χ1v) is 11.1. The standard InChI is InChI=1S/C26H24N4OS/c1-2-31-22-13-11-21(12-14-22)30-25(24(28-26(30)32)23-10-6-7-16-27-23)19-15-17-29(18-19)20-8-4-3-5-9-20/h3-18,24-25H,2H2,1H3,(H,28,32). The fourth-order valence-electron chi connectivity index (χ4n) is 4.19. The van der Waals surface area contributed by atoms with Gasteiger partial charge in [-0.3, -0.25) is 4.98 Å². The summed E-state index contributed by atoms with van der Waals surface area (Å²) in [6, 6.07) is 26.4. The highest BCUT2D eigenvalue weighted by atomic mass is 32.1.